The number of hydrogen-bond donors (Lipinski definition) is 0. The molecule has 17 heavy (non-hydrogen) atoms. The van der Waals surface area contributed by atoms with Crippen molar-refractivity contribution in [1.29, 1.82) is 0 Å². The number of Topliss-reactive ketones (excluding diaryl/α,β-unsaturated/α-hetero) is 1. The maximum atomic E-state index is 12.1. The predicted molar refractivity (Wildman–Crippen MR) is 70.1 cm³/mol. The molecular weight excluding hydrogens is 280 g/mol. The number of carbonyl (C=O) groups is 1. The third kappa shape index (κ3) is 2.82. The van der Waals surface area contributed by atoms with E-state index in [9.17, 15) is 4.79 Å². The minimum atomic E-state index is 0.103. The van der Waals surface area contributed by atoms with Crippen LogP contribution in [0.25, 0.3) is 0 Å². The lowest BCUT2D eigenvalue weighted by Crippen LogP contribution is -2.11. The van der Waals surface area contributed by atoms with Gasteiger partial charge in [0.05, 0.1) is 0 Å². The van der Waals surface area contributed by atoms with E-state index >= 15 is 0 Å². The van der Waals surface area contributed by atoms with E-state index in [4.69, 9.17) is 0 Å². The number of nitrogens with zero attached hydrogens (tertiary/aromatic N) is 2. The lowest BCUT2D eigenvalue weighted by Gasteiger charge is -2.04. The van der Waals surface area contributed by atoms with Crippen molar-refractivity contribution in [3.05, 3.63) is 52.3 Å². The molecule has 0 radical (unpaired) electrons. The van der Waals surface area contributed by atoms with Gasteiger partial charge in [-0.2, -0.15) is 5.10 Å². The van der Waals surface area contributed by atoms with Gasteiger partial charge in [0, 0.05) is 23.6 Å². The molecule has 0 atom stereocenters. The van der Waals surface area contributed by atoms with Crippen molar-refractivity contribution < 1.29 is 4.79 Å². The number of benzene rings is 1. The van der Waals surface area contributed by atoms with Crippen LogP contribution in [0.1, 0.15) is 23.0 Å². The summed E-state index contributed by atoms with van der Waals surface area (Å²) in [6, 6.07) is 9.56. The maximum Gasteiger partial charge on any atom is 0.185 e. The molecule has 88 valence electrons. The Morgan fingerprint density at radius 1 is 1.29 bits per heavy atom. The molecule has 0 aliphatic carbocycles. The van der Waals surface area contributed by atoms with E-state index in [-0.39, 0.29) is 5.78 Å². The van der Waals surface area contributed by atoms with Gasteiger partial charge in [0.25, 0.3) is 0 Å². The van der Waals surface area contributed by atoms with E-state index in [1.54, 1.807) is 16.9 Å². The highest BCUT2D eigenvalue weighted by atomic mass is 79.9. The predicted octanol–water partition coefficient (Wildman–Crippen LogP) is 3.09. The molecule has 4 heteroatoms. The topological polar surface area (TPSA) is 34.9 Å². The molecule has 0 unspecified atom stereocenters. The van der Waals surface area contributed by atoms with Crippen LogP contribution in [0.4, 0.5) is 0 Å². The Morgan fingerprint density at radius 3 is 2.65 bits per heavy atom. The van der Waals surface area contributed by atoms with E-state index in [0.717, 1.165) is 10.0 Å². The van der Waals surface area contributed by atoms with Gasteiger partial charge >= 0.3 is 0 Å². The van der Waals surface area contributed by atoms with Gasteiger partial charge in [-0.1, -0.05) is 28.1 Å². The average molecular weight is 293 g/mol. The smallest absolute Gasteiger partial charge is 0.185 e. The van der Waals surface area contributed by atoms with Gasteiger partial charge in [-0.05, 0) is 30.7 Å². The maximum absolute atomic E-state index is 12.1. The molecule has 1 aromatic heterocycles. The summed E-state index contributed by atoms with van der Waals surface area (Å²) in [4.78, 5) is 12.1. The molecule has 0 saturated carbocycles. The van der Waals surface area contributed by atoms with Crippen LogP contribution < -0.4 is 0 Å². The standard InChI is InChI=1S/C13H13BrN2O/c1-2-16-12(7-8-15-16)13(17)9-10-3-5-11(14)6-4-10/h3-8H,2,9H2,1H3. The minimum Gasteiger partial charge on any atom is -0.292 e. The molecule has 0 amide bonds. The molecule has 0 aliphatic rings. The van der Waals surface area contributed by atoms with Crippen molar-refractivity contribution in [2.45, 2.75) is 19.9 Å². The zero-order valence-electron chi connectivity index (χ0n) is 9.56. The van der Waals surface area contributed by atoms with Gasteiger partial charge in [-0.3, -0.25) is 9.48 Å². The molecule has 1 heterocycles. The second kappa shape index (κ2) is 5.27. The van der Waals surface area contributed by atoms with Crippen LogP contribution in [0.3, 0.4) is 0 Å². The van der Waals surface area contributed by atoms with Crippen LogP contribution in [0.2, 0.25) is 0 Å². The molecular formula is C13H13BrN2O. The van der Waals surface area contributed by atoms with E-state index in [1.807, 2.05) is 31.2 Å². The Morgan fingerprint density at radius 2 is 2.00 bits per heavy atom. The molecule has 3 nitrogen and oxygen atoms in total. The molecule has 0 saturated heterocycles. The first-order valence-electron chi connectivity index (χ1n) is 5.50. The van der Waals surface area contributed by atoms with E-state index in [0.29, 0.717) is 18.7 Å². The summed E-state index contributed by atoms with van der Waals surface area (Å²) in [5, 5.41) is 4.10. The lowest BCUT2D eigenvalue weighted by molar-refractivity contribution is 0.0983. The zero-order valence-corrected chi connectivity index (χ0v) is 11.1. The van der Waals surface area contributed by atoms with Crippen LogP contribution in [0, 0.1) is 0 Å². The first kappa shape index (κ1) is 12.0. The number of hydrogen-bond acceptors (Lipinski definition) is 2. The van der Waals surface area contributed by atoms with E-state index in [2.05, 4.69) is 21.0 Å². The fourth-order valence-corrected chi connectivity index (χ4v) is 1.96. The van der Waals surface area contributed by atoms with Crippen molar-refractivity contribution in [2.24, 2.45) is 0 Å². The van der Waals surface area contributed by atoms with Crippen LogP contribution >= 0.6 is 15.9 Å². The number of ketones is 1. The third-order valence-electron chi connectivity index (χ3n) is 2.58. The summed E-state index contributed by atoms with van der Waals surface area (Å²) >= 11 is 3.37. The second-order valence-corrected chi connectivity index (χ2v) is 4.67. The van der Waals surface area contributed by atoms with Crippen LogP contribution in [-0.4, -0.2) is 15.6 Å². The first-order valence-corrected chi connectivity index (χ1v) is 6.29. The number of rotatable bonds is 4. The molecule has 2 rings (SSSR count). The monoisotopic (exact) mass is 292 g/mol. The Labute approximate surface area is 109 Å². The van der Waals surface area contributed by atoms with Crippen molar-refractivity contribution in [3.8, 4) is 0 Å². The summed E-state index contributed by atoms with van der Waals surface area (Å²) in [5.74, 6) is 0.103. The van der Waals surface area contributed by atoms with Gasteiger partial charge in [0.2, 0.25) is 0 Å². The molecule has 0 N–H and O–H groups in total. The Bertz CT molecular complexity index is 516. The van der Waals surface area contributed by atoms with Crippen molar-refractivity contribution in [1.82, 2.24) is 9.78 Å². The SMILES string of the molecule is CCn1nccc1C(=O)Cc1ccc(Br)cc1. The van der Waals surface area contributed by atoms with Gasteiger partial charge in [0.1, 0.15) is 5.69 Å². The summed E-state index contributed by atoms with van der Waals surface area (Å²) in [6.07, 6.45) is 2.08. The fraction of sp³-hybridized carbons (Fsp3) is 0.231. The number of carbonyl (C=O) groups excluding carboxylic acids is 1. The summed E-state index contributed by atoms with van der Waals surface area (Å²) in [6.45, 7) is 2.69. The second-order valence-electron chi connectivity index (χ2n) is 3.76. The van der Waals surface area contributed by atoms with Gasteiger partial charge in [0.15, 0.2) is 5.78 Å². The summed E-state index contributed by atoms with van der Waals surface area (Å²) in [7, 11) is 0. The Hall–Kier alpha value is -1.42. The largest absolute Gasteiger partial charge is 0.292 e. The molecule has 0 aliphatic heterocycles. The zero-order chi connectivity index (χ0) is 12.3. The lowest BCUT2D eigenvalue weighted by atomic mass is 10.1. The summed E-state index contributed by atoms with van der Waals surface area (Å²) in [5.41, 5.74) is 1.69. The first-order chi connectivity index (χ1) is 8.20. The molecule has 2 aromatic rings. The highest BCUT2D eigenvalue weighted by Crippen LogP contribution is 2.12. The van der Waals surface area contributed by atoms with Crippen LogP contribution in [0.15, 0.2) is 41.0 Å². The van der Waals surface area contributed by atoms with Crippen molar-refractivity contribution in [2.75, 3.05) is 0 Å². The Kier molecular flexibility index (Phi) is 3.74. The molecule has 1 aromatic carbocycles. The van der Waals surface area contributed by atoms with Crippen LogP contribution in [-0.2, 0) is 13.0 Å². The number of aryl methyl sites for hydroxylation is 1. The van der Waals surface area contributed by atoms with Gasteiger partial charge in [-0.25, -0.2) is 0 Å². The van der Waals surface area contributed by atoms with Crippen molar-refractivity contribution >= 4 is 21.7 Å². The van der Waals surface area contributed by atoms with Gasteiger partial charge < -0.3 is 0 Å². The van der Waals surface area contributed by atoms with E-state index < -0.39 is 0 Å². The highest BCUT2D eigenvalue weighted by Gasteiger charge is 2.11. The van der Waals surface area contributed by atoms with E-state index in [1.165, 1.54) is 0 Å². The Balaban J connectivity index is 2.14. The van der Waals surface area contributed by atoms with Crippen LogP contribution in [0.5, 0.6) is 0 Å². The van der Waals surface area contributed by atoms with Gasteiger partial charge in [-0.15, -0.1) is 0 Å². The fourth-order valence-electron chi connectivity index (χ4n) is 1.70. The molecule has 0 fully saturated rings. The summed E-state index contributed by atoms with van der Waals surface area (Å²) < 4.78 is 2.74. The van der Waals surface area contributed by atoms with Crippen molar-refractivity contribution in [3.63, 3.8) is 0 Å². The number of halogens is 1. The third-order valence-corrected chi connectivity index (χ3v) is 3.11. The highest BCUT2D eigenvalue weighted by molar-refractivity contribution is 9.10. The quantitative estimate of drug-likeness (QED) is 0.812. The molecule has 0 spiro atoms. The molecule has 0 bridgehead atoms. The number of aromatic nitrogens is 2. The normalized spacial score (nSPS) is 10.5. The minimum absolute atomic E-state index is 0.103. The average Bonchev–Trinajstić information content (AvgIpc) is 2.80.